The second kappa shape index (κ2) is 5.70. The first-order valence-corrected chi connectivity index (χ1v) is 4.07. The van der Waals surface area contributed by atoms with Crippen LogP contribution in [-0.2, 0) is 0 Å². The lowest BCUT2D eigenvalue weighted by Gasteiger charge is -1.89. The van der Waals surface area contributed by atoms with Crippen LogP contribution >= 0.6 is 11.8 Å². The fourth-order valence-corrected chi connectivity index (χ4v) is 0.792. The van der Waals surface area contributed by atoms with Crippen molar-refractivity contribution in [2.24, 2.45) is 0 Å². The first-order chi connectivity index (χ1) is 4.35. The molecule has 0 aliphatic heterocycles. The van der Waals surface area contributed by atoms with Gasteiger partial charge in [-0.2, -0.15) is 0 Å². The normalized spacial score (nSPS) is 12.4. The molecule has 0 aromatic rings. The number of hydrogen-bond acceptors (Lipinski definition) is 1. The van der Waals surface area contributed by atoms with E-state index in [2.05, 4.69) is 6.58 Å². The fourth-order valence-electron chi connectivity index (χ4n) is 0.410. The molecule has 0 radical (unpaired) electrons. The Labute approximate surface area is 61.3 Å². The van der Waals surface area contributed by atoms with E-state index in [4.69, 9.17) is 0 Å². The number of hydrogen-bond donors (Lipinski definition) is 0. The van der Waals surface area contributed by atoms with Crippen molar-refractivity contribution >= 4 is 11.8 Å². The first kappa shape index (κ1) is 8.57. The Hall–Kier alpha value is -0.430. The Bertz CT molecular complexity index is 132. The van der Waals surface area contributed by atoms with Gasteiger partial charge in [0.15, 0.2) is 0 Å². The molecule has 0 aromatic carbocycles. The molecule has 0 bridgehead atoms. The van der Waals surface area contributed by atoms with Crippen LogP contribution in [0.2, 0.25) is 0 Å². The lowest BCUT2D eigenvalue weighted by atomic mass is 10.4. The highest BCUT2D eigenvalue weighted by Gasteiger charge is 1.80. The number of rotatable bonds is 3. The zero-order chi connectivity index (χ0) is 7.11. The largest absolute Gasteiger partial charge is 0.130 e. The molecule has 0 rings (SSSR count). The van der Waals surface area contributed by atoms with Crippen molar-refractivity contribution in [3.8, 4) is 0 Å². The van der Waals surface area contributed by atoms with Crippen molar-refractivity contribution in [1.29, 1.82) is 0 Å². The van der Waals surface area contributed by atoms with E-state index in [0.29, 0.717) is 0 Å². The summed E-state index contributed by atoms with van der Waals surface area (Å²) in [6.45, 7) is 5.66. The van der Waals surface area contributed by atoms with Gasteiger partial charge in [-0.3, -0.25) is 0 Å². The summed E-state index contributed by atoms with van der Waals surface area (Å²) >= 11 is 1.70. The minimum Gasteiger partial charge on any atom is -0.130 e. The van der Waals surface area contributed by atoms with E-state index in [9.17, 15) is 0 Å². The first-order valence-electron chi connectivity index (χ1n) is 2.84. The maximum absolute atomic E-state index is 3.66. The predicted molar refractivity (Wildman–Crippen MR) is 46.6 cm³/mol. The molecule has 0 saturated carbocycles. The topological polar surface area (TPSA) is 0 Å². The Morgan fingerprint density at radius 3 is 2.56 bits per heavy atom. The molecule has 0 atom stereocenters. The highest BCUT2D eigenvalue weighted by atomic mass is 32.2. The lowest BCUT2D eigenvalue weighted by Crippen LogP contribution is -1.62. The molecule has 0 amide bonds. The fraction of sp³-hybridized carbons (Fsp3) is 0.250. The van der Waals surface area contributed by atoms with Crippen LogP contribution in [0.15, 0.2) is 35.8 Å². The van der Waals surface area contributed by atoms with Crippen molar-refractivity contribution in [2.75, 3.05) is 6.26 Å². The maximum Gasteiger partial charge on any atom is 0.00631 e. The minimum absolute atomic E-state index is 1.20. The van der Waals surface area contributed by atoms with Crippen molar-refractivity contribution in [1.82, 2.24) is 0 Å². The Morgan fingerprint density at radius 1 is 1.56 bits per heavy atom. The molecule has 0 nitrogen and oxygen atoms in total. The van der Waals surface area contributed by atoms with Crippen LogP contribution in [0.25, 0.3) is 0 Å². The summed E-state index contributed by atoms with van der Waals surface area (Å²) in [5, 5.41) is 0. The monoisotopic (exact) mass is 140 g/mol. The Kier molecular flexibility index (Phi) is 5.43. The van der Waals surface area contributed by atoms with Gasteiger partial charge >= 0.3 is 0 Å². The van der Waals surface area contributed by atoms with E-state index < -0.39 is 0 Å². The van der Waals surface area contributed by atoms with E-state index >= 15 is 0 Å². The second-order valence-electron chi connectivity index (χ2n) is 1.50. The third-order valence-corrected chi connectivity index (χ3v) is 1.66. The van der Waals surface area contributed by atoms with E-state index in [1.54, 1.807) is 11.8 Å². The molecule has 0 heterocycles. The summed E-state index contributed by atoms with van der Waals surface area (Å²) in [4.78, 5) is 1.20. The Morgan fingerprint density at radius 2 is 2.22 bits per heavy atom. The average molecular weight is 140 g/mol. The summed E-state index contributed by atoms with van der Waals surface area (Å²) in [6, 6.07) is 0. The van der Waals surface area contributed by atoms with Crippen molar-refractivity contribution < 1.29 is 0 Å². The maximum atomic E-state index is 3.66. The molecular formula is C8H12S. The molecular weight excluding hydrogens is 128 g/mol. The van der Waals surface area contributed by atoms with Gasteiger partial charge < -0.3 is 0 Å². The number of allylic oxidation sites excluding steroid dienone is 4. The van der Waals surface area contributed by atoms with Crippen molar-refractivity contribution in [2.45, 2.75) is 6.92 Å². The van der Waals surface area contributed by atoms with Crippen LogP contribution in [0.5, 0.6) is 0 Å². The molecule has 1 heteroatoms. The summed E-state index contributed by atoms with van der Waals surface area (Å²) in [5.41, 5.74) is 0. The molecule has 50 valence electrons. The summed E-state index contributed by atoms with van der Waals surface area (Å²) < 4.78 is 0. The highest BCUT2D eigenvalue weighted by Crippen LogP contribution is 2.11. The molecule has 0 aromatic heterocycles. The zero-order valence-electron chi connectivity index (χ0n) is 5.92. The standard InChI is InChI=1S/C8H12S/c1-4-6-7-8(5-2)9-3/h4-7H,2H2,1,3H3. The van der Waals surface area contributed by atoms with E-state index in [1.165, 1.54) is 4.91 Å². The quantitative estimate of drug-likeness (QED) is 0.543. The summed E-state index contributed by atoms with van der Waals surface area (Å²) in [7, 11) is 0. The van der Waals surface area contributed by atoms with E-state index in [1.807, 2.05) is 37.5 Å². The van der Waals surface area contributed by atoms with Gasteiger partial charge in [0.25, 0.3) is 0 Å². The van der Waals surface area contributed by atoms with Crippen LogP contribution < -0.4 is 0 Å². The predicted octanol–water partition coefficient (Wildman–Crippen LogP) is 3.00. The molecule has 9 heavy (non-hydrogen) atoms. The van der Waals surface area contributed by atoms with Gasteiger partial charge in [0.05, 0.1) is 0 Å². The van der Waals surface area contributed by atoms with E-state index in [-0.39, 0.29) is 0 Å². The Balaban J connectivity index is 3.90. The molecule has 0 spiro atoms. The SMILES string of the molecule is C=CC(=CC=CC)SC. The van der Waals surface area contributed by atoms with Crippen LogP contribution in [-0.4, -0.2) is 6.26 Å². The highest BCUT2D eigenvalue weighted by molar-refractivity contribution is 8.02. The second-order valence-corrected chi connectivity index (χ2v) is 2.38. The lowest BCUT2D eigenvalue weighted by molar-refractivity contribution is 1.72. The van der Waals surface area contributed by atoms with Gasteiger partial charge in [0.2, 0.25) is 0 Å². The molecule has 0 aliphatic rings. The van der Waals surface area contributed by atoms with E-state index in [0.717, 1.165) is 0 Å². The van der Waals surface area contributed by atoms with Gasteiger partial charge in [-0.15, -0.1) is 11.8 Å². The van der Waals surface area contributed by atoms with Crippen LogP contribution in [0, 0.1) is 0 Å². The van der Waals surface area contributed by atoms with Crippen molar-refractivity contribution in [3.05, 3.63) is 35.8 Å². The van der Waals surface area contributed by atoms with Crippen LogP contribution in [0.3, 0.4) is 0 Å². The summed E-state index contributed by atoms with van der Waals surface area (Å²) in [6.07, 6.45) is 9.94. The van der Waals surface area contributed by atoms with Gasteiger partial charge in [0, 0.05) is 4.91 Å². The molecule has 0 unspecified atom stereocenters. The van der Waals surface area contributed by atoms with Gasteiger partial charge in [-0.1, -0.05) is 24.8 Å². The molecule has 0 N–H and O–H groups in total. The van der Waals surface area contributed by atoms with Crippen LogP contribution in [0.4, 0.5) is 0 Å². The summed E-state index contributed by atoms with van der Waals surface area (Å²) in [5.74, 6) is 0. The number of thioether (sulfide) groups is 1. The molecule has 0 aliphatic carbocycles. The molecule has 0 saturated heterocycles. The van der Waals surface area contributed by atoms with Crippen molar-refractivity contribution in [3.63, 3.8) is 0 Å². The minimum atomic E-state index is 1.20. The zero-order valence-corrected chi connectivity index (χ0v) is 6.74. The van der Waals surface area contributed by atoms with Gasteiger partial charge in [-0.05, 0) is 19.3 Å². The third kappa shape index (κ3) is 4.10. The van der Waals surface area contributed by atoms with Gasteiger partial charge in [0.1, 0.15) is 0 Å². The van der Waals surface area contributed by atoms with Crippen LogP contribution in [0.1, 0.15) is 6.92 Å². The molecule has 0 fully saturated rings. The smallest absolute Gasteiger partial charge is 0.00631 e. The van der Waals surface area contributed by atoms with Gasteiger partial charge in [-0.25, -0.2) is 0 Å². The third-order valence-electron chi connectivity index (χ3n) is 0.890. The average Bonchev–Trinajstić information content (AvgIpc) is 1.91.